The molecule has 0 spiro atoms. The average Bonchev–Trinajstić information content (AvgIpc) is 2.21. The van der Waals surface area contributed by atoms with Crippen molar-refractivity contribution in [3.05, 3.63) is 0 Å². The van der Waals surface area contributed by atoms with E-state index in [1.165, 1.54) is 38.5 Å². The maximum Gasteiger partial charge on any atom is 0.0447 e. The maximum atomic E-state index is 7.07. The molecule has 4 bridgehead atoms. The summed E-state index contributed by atoms with van der Waals surface area (Å²) in [5, 5.41) is 3.81. The van der Waals surface area contributed by atoms with Gasteiger partial charge in [-0.3, -0.25) is 0 Å². The Bertz CT molecular complexity index is 376. The van der Waals surface area contributed by atoms with Gasteiger partial charge in [-0.05, 0) is 74.2 Å². The predicted molar refractivity (Wildman–Crippen MR) is 89.9 cm³/mol. The number of rotatable bonds is 3. The number of hydrogen-bond acceptors (Lipinski definition) is 1. The van der Waals surface area contributed by atoms with Crippen LogP contribution in [0.3, 0.4) is 0 Å². The molecule has 0 radical (unpaired) electrons. The highest BCUT2D eigenvalue weighted by atomic mass is 35.5. The molecule has 0 saturated heterocycles. The first-order valence-electron chi connectivity index (χ1n) is 7.96. The zero-order valence-corrected chi connectivity index (χ0v) is 15.3. The van der Waals surface area contributed by atoms with Crippen LogP contribution in [-0.4, -0.2) is 18.5 Å². The lowest BCUT2D eigenvalue weighted by atomic mass is 9.35. The molecule has 4 aliphatic rings. The van der Waals surface area contributed by atoms with E-state index in [0.29, 0.717) is 33.1 Å². The molecule has 0 aliphatic heterocycles. The van der Waals surface area contributed by atoms with Crippen molar-refractivity contribution in [2.45, 2.75) is 77.6 Å². The molecule has 4 fully saturated rings. The Balaban J connectivity index is 0.00000147. The lowest BCUT2D eigenvalue weighted by Gasteiger charge is -2.71. The van der Waals surface area contributed by atoms with Crippen LogP contribution in [0.25, 0.3) is 0 Å². The van der Waals surface area contributed by atoms with Gasteiger partial charge in [0.05, 0.1) is 0 Å². The van der Waals surface area contributed by atoms with E-state index < -0.39 is 0 Å². The molecule has 4 unspecified atom stereocenters. The maximum absolute atomic E-state index is 7.07. The van der Waals surface area contributed by atoms with E-state index in [-0.39, 0.29) is 12.4 Å². The van der Waals surface area contributed by atoms with Gasteiger partial charge in [0.1, 0.15) is 0 Å². The zero-order chi connectivity index (χ0) is 14.1. The fraction of sp³-hybridized carbons (Fsp3) is 1.00. The van der Waals surface area contributed by atoms with Gasteiger partial charge in [-0.25, -0.2) is 0 Å². The summed E-state index contributed by atoms with van der Waals surface area (Å²) >= 11 is 7.07. The van der Waals surface area contributed by atoms with Crippen LogP contribution in [0.5, 0.6) is 0 Å². The van der Waals surface area contributed by atoms with Gasteiger partial charge in [0, 0.05) is 11.4 Å². The molecule has 4 rings (SSSR count). The Morgan fingerprint density at radius 1 is 1.05 bits per heavy atom. The van der Waals surface area contributed by atoms with Crippen molar-refractivity contribution in [1.82, 2.24) is 5.32 Å². The van der Waals surface area contributed by atoms with Gasteiger partial charge in [0.15, 0.2) is 0 Å². The van der Waals surface area contributed by atoms with Crippen LogP contribution in [0, 0.1) is 21.7 Å². The highest BCUT2D eigenvalue weighted by Gasteiger charge is 2.68. The monoisotopic (exact) mass is 319 g/mol. The lowest BCUT2D eigenvalue weighted by molar-refractivity contribution is -0.182. The largest absolute Gasteiger partial charge is 0.317 e. The first-order valence-corrected chi connectivity index (χ1v) is 8.40. The van der Waals surface area contributed by atoms with Crippen LogP contribution in [0.4, 0.5) is 0 Å². The number of alkyl halides is 1. The van der Waals surface area contributed by atoms with E-state index in [0.717, 1.165) is 0 Å². The van der Waals surface area contributed by atoms with Gasteiger partial charge >= 0.3 is 0 Å². The van der Waals surface area contributed by atoms with Gasteiger partial charge in [-0.1, -0.05) is 20.8 Å². The third-order valence-electron chi connectivity index (χ3n) is 6.43. The number of nitrogens with one attached hydrogen (secondary N) is 1. The second kappa shape index (κ2) is 4.77. The Kier molecular flexibility index (Phi) is 4.03. The normalized spacial score (nSPS) is 54.6. The highest BCUT2D eigenvalue weighted by Crippen LogP contribution is 2.75. The van der Waals surface area contributed by atoms with Crippen molar-refractivity contribution in [2.75, 3.05) is 7.05 Å². The van der Waals surface area contributed by atoms with Crippen molar-refractivity contribution in [3.8, 4) is 0 Å². The predicted octanol–water partition coefficient (Wildman–Crippen LogP) is 5.01. The van der Waals surface area contributed by atoms with E-state index in [4.69, 9.17) is 11.6 Å². The molecule has 3 heteroatoms. The third-order valence-corrected chi connectivity index (χ3v) is 7.42. The van der Waals surface area contributed by atoms with Crippen LogP contribution in [0.1, 0.15) is 66.2 Å². The lowest BCUT2D eigenvalue weighted by Crippen LogP contribution is -2.65. The first kappa shape index (κ1) is 16.9. The van der Waals surface area contributed by atoms with Crippen molar-refractivity contribution in [3.63, 3.8) is 0 Å². The summed E-state index contributed by atoms with van der Waals surface area (Å²) in [5.74, 6) is 0. The molecular formula is C17H31Cl2N. The van der Waals surface area contributed by atoms with Crippen molar-refractivity contribution >= 4 is 24.0 Å². The molecule has 0 aromatic carbocycles. The Morgan fingerprint density at radius 3 is 2.00 bits per heavy atom. The molecule has 4 aliphatic carbocycles. The molecule has 1 N–H and O–H groups in total. The van der Waals surface area contributed by atoms with Crippen molar-refractivity contribution in [1.29, 1.82) is 0 Å². The van der Waals surface area contributed by atoms with E-state index in [9.17, 15) is 0 Å². The molecule has 4 saturated carbocycles. The van der Waals surface area contributed by atoms with E-state index in [2.05, 4.69) is 40.1 Å². The molecule has 0 amide bonds. The fourth-order valence-electron chi connectivity index (χ4n) is 7.24. The van der Waals surface area contributed by atoms with E-state index in [1.54, 1.807) is 0 Å². The molecule has 20 heavy (non-hydrogen) atoms. The van der Waals surface area contributed by atoms with Crippen molar-refractivity contribution < 1.29 is 0 Å². The minimum Gasteiger partial charge on any atom is -0.317 e. The summed E-state index contributed by atoms with van der Waals surface area (Å²) in [4.78, 5) is 0. The van der Waals surface area contributed by atoms with Gasteiger partial charge in [-0.15, -0.1) is 24.0 Å². The topological polar surface area (TPSA) is 12.0 Å². The Morgan fingerprint density at radius 2 is 1.55 bits per heavy atom. The SMILES string of the molecule is CNC(C)CC12CC3(C)CC(C)(CC(C)(C3)C1Cl)C2.Cl. The summed E-state index contributed by atoms with van der Waals surface area (Å²) in [6, 6.07) is 0.577. The smallest absolute Gasteiger partial charge is 0.0447 e. The van der Waals surface area contributed by atoms with Gasteiger partial charge < -0.3 is 5.32 Å². The summed E-state index contributed by atoms with van der Waals surface area (Å²) < 4.78 is 0. The third kappa shape index (κ3) is 2.32. The average molecular weight is 320 g/mol. The fourth-order valence-corrected chi connectivity index (χ4v) is 7.64. The molecule has 4 atom stereocenters. The second-order valence-electron chi connectivity index (χ2n) is 9.28. The molecule has 0 aromatic heterocycles. The van der Waals surface area contributed by atoms with Crippen LogP contribution >= 0.6 is 24.0 Å². The van der Waals surface area contributed by atoms with E-state index in [1.807, 2.05) is 0 Å². The summed E-state index contributed by atoms with van der Waals surface area (Å²) in [7, 11) is 2.08. The van der Waals surface area contributed by atoms with Crippen LogP contribution in [0.15, 0.2) is 0 Å². The number of hydrogen-bond donors (Lipinski definition) is 1. The molecule has 118 valence electrons. The quantitative estimate of drug-likeness (QED) is 0.721. The summed E-state index contributed by atoms with van der Waals surface area (Å²) in [5.41, 5.74) is 1.82. The number of halogens is 2. The Hall–Kier alpha value is 0.540. The van der Waals surface area contributed by atoms with Gasteiger partial charge in [0.2, 0.25) is 0 Å². The van der Waals surface area contributed by atoms with Crippen molar-refractivity contribution in [2.24, 2.45) is 21.7 Å². The molecule has 0 heterocycles. The van der Waals surface area contributed by atoms with Gasteiger partial charge in [0.25, 0.3) is 0 Å². The zero-order valence-electron chi connectivity index (χ0n) is 13.7. The molecule has 1 nitrogen and oxygen atoms in total. The van der Waals surface area contributed by atoms with Gasteiger partial charge in [-0.2, -0.15) is 0 Å². The van der Waals surface area contributed by atoms with Crippen LogP contribution < -0.4 is 5.32 Å². The van der Waals surface area contributed by atoms with Crippen LogP contribution in [0.2, 0.25) is 0 Å². The first-order chi connectivity index (χ1) is 8.64. The Labute approximate surface area is 136 Å². The molecular weight excluding hydrogens is 289 g/mol. The standard InChI is InChI=1S/C17H30ClN.ClH/c1-12(19-5)6-17-10-14(2)7-15(3,11-17)9-16(4,8-14)13(17)18;/h12-13,19H,6-11H2,1-5H3;1H. The minimum atomic E-state index is 0. The molecule has 0 aromatic rings. The highest BCUT2D eigenvalue weighted by molar-refractivity contribution is 6.21. The van der Waals surface area contributed by atoms with E-state index >= 15 is 0 Å². The summed E-state index contributed by atoms with van der Waals surface area (Å²) in [6.45, 7) is 9.85. The second-order valence-corrected chi connectivity index (χ2v) is 9.71. The van der Waals surface area contributed by atoms with Crippen LogP contribution in [-0.2, 0) is 0 Å². The summed E-state index contributed by atoms with van der Waals surface area (Å²) in [6.07, 6.45) is 8.07. The minimum absolute atomic E-state index is 0.